The molecule has 0 atom stereocenters. The number of piperidine rings is 1. The van der Waals surface area contributed by atoms with Gasteiger partial charge in [-0.15, -0.1) is 0 Å². The van der Waals surface area contributed by atoms with Crippen LogP contribution >= 0.6 is 11.6 Å². The van der Waals surface area contributed by atoms with Crippen molar-refractivity contribution in [3.8, 4) is 0 Å². The minimum atomic E-state index is 0.820. The van der Waals surface area contributed by atoms with Crippen LogP contribution in [0.3, 0.4) is 0 Å². The van der Waals surface area contributed by atoms with Gasteiger partial charge in [-0.2, -0.15) is 0 Å². The Kier molecular flexibility index (Phi) is 4.08. The Labute approximate surface area is 102 Å². The van der Waals surface area contributed by atoms with E-state index in [2.05, 4.69) is 11.0 Å². The van der Waals surface area contributed by atoms with Crippen LogP contribution in [0.25, 0.3) is 0 Å². The summed E-state index contributed by atoms with van der Waals surface area (Å²) in [6.07, 6.45) is 3.68. The summed E-state index contributed by atoms with van der Waals surface area (Å²) < 4.78 is 0. The SMILES string of the molecule is NCCC1CCN(c2cccc(Cl)c2)CC1. The lowest BCUT2D eigenvalue weighted by Gasteiger charge is -2.33. The van der Waals surface area contributed by atoms with Crippen molar-refractivity contribution in [3.05, 3.63) is 29.3 Å². The molecule has 1 aliphatic rings. The van der Waals surface area contributed by atoms with Gasteiger partial charge >= 0.3 is 0 Å². The fraction of sp³-hybridized carbons (Fsp3) is 0.538. The van der Waals surface area contributed by atoms with Gasteiger partial charge in [-0.05, 0) is 49.9 Å². The molecule has 1 aromatic rings. The molecule has 1 fully saturated rings. The number of halogens is 1. The van der Waals surface area contributed by atoms with Crippen LogP contribution < -0.4 is 10.6 Å². The fourth-order valence-corrected chi connectivity index (χ4v) is 2.57. The summed E-state index contributed by atoms with van der Waals surface area (Å²) in [5, 5.41) is 0.821. The van der Waals surface area contributed by atoms with E-state index in [9.17, 15) is 0 Å². The number of hydrogen-bond donors (Lipinski definition) is 1. The molecular weight excluding hydrogens is 220 g/mol. The highest BCUT2D eigenvalue weighted by molar-refractivity contribution is 6.30. The van der Waals surface area contributed by atoms with Gasteiger partial charge in [0.15, 0.2) is 0 Å². The van der Waals surface area contributed by atoms with Crippen LogP contribution in [0.1, 0.15) is 19.3 Å². The Hall–Kier alpha value is -0.730. The first-order valence-electron chi connectivity index (χ1n) is 6.00. The number of anilines is 1. The minimum Gasteiger partial charge on any atom is -0.371 e. The van der Waals surface area contributed by atoms with Crippen molar-refractivity contribution in [2.45, 2.75) is 19.3 Å². The molecule has 0 unspecified atom stereocenters. The third-order valence-corrected chi connectivity index (χ3v) is 3.60. The van der Waals surface area contributed by atoms with E-state index in [0.717, 1.165) is 30.6 Å². The second-order valence-electron chi connectivity index (χ2n) is 4.49. The number of benzene rings is 1. The summed E-state index contributed by atoms with van der Waals surface area (Å²) in [4.78, 5) is 2.42. The van der Waals surface area contributed by atoms with E-state index in [1.165, 1.54) is 24.9 Å². The normalized spacial score (nSPS) is 17.8. The zero-order valence-corrected chi connectivity index (χ0v) is 10.3. The summed E-state index contributed by atoms with van der Waals surface area (Å²) in [6, 6.07) is 8.12. The fourth-order valence-electron chi connectivity index (χ4n) is 2.39. The van der Waals surface area contributed by atoms with E-state index in [4.69, 9.17) is 17.3 Å². The van der Waals surface area contributed by atoms with Crippen LogP contribution in [0, 0.1) is 5.92 Å². The summed E-state index contributed by atoms with van der Waals surface area (Å²) in [5.74, 6) is 0.820. The second kappa shape index (κ2) is 5.55. The minimum absolute atomic E-state index is 0.820. The molecule has 16 heavy (non-hydrogen) atoms. The quantitative estimate of drug-likeness (QED) is 0.878. The predicted octanol–water partition coefficient (Wildman–Crippen LogP) is 2.91. The molecule has 0 bridgehead atoms. The number of rotatable bonds is 3. The van der Waals surface area contributed by atoms with Gasteiger partial charge in [-0.3, -0.25) is 0 Å². The maximum atomic E-state index is 6.00. The van der Waals surface area contributed by atoms with Crippen molar-refractivity contribution in [2.24, 2.45) is 11.7 Å². The molecule has 1 aliphatic heterocycles. The van der Waals surface area contributed by atoms with E-state index in [0.29, 0.717) is 0 Å². The molecule has 3 heteroatoms. The maximum absolute atomic E-state index is 6.00. The Bertz CT molecular complexity index is 332. The van der Waals surface area contributed by atoms with Crippen molar-refractivity contribution >= 4 is 17.3 Å². The van der Waals surface area contributed by atoms with Crippen molar-refractivity contribution in [2.75, 3.05) is 24.5 Å². The van der Waals surface area contributed by atoms with Gasteiger partial charge in [0.1, 0.15) is 0 Å². The maximum Gasteiger partial charge on any atom is 0.0426 e. The van der Waals surface area contributed by atoms with Crippen LogP contribution in [0.5, 0.6) is 0 Å². The Morgan fingerprint density at radius 3 is 2.69 bits per heavy atom. The van der Waals surface area contributed by atoms with Crippen LogP contribution in [0.2, 0.25) is 5.02 Å². The van der Waals surface area contributed by atoms with E-state index in [-0.39, 0.29) is 0 Å². The molecule has 0 aromatic heterocycles. The van der Waals surface area contributed by atoms with Gasteiger partial charge in [0.05, 0.1) is 0 Å². The van der Waals surface area contributed by atoms with Crippen LogP contribution in [0.15, 0.2) is 24.3 Å². The molecule has 2 N–H and O–H groups in total. The van der Waals surface area contributed by atoms with Crippen LogP contribution in [-0.2, 0) is 0 Å². The highest BCUT2D eigenvalue weighted by atomic mass is 35.5. The summed E-state index contributed by atoms with van der Waals surface area (Å²) in [6.45, 7) is 3.08. The summed E-state index contributed by atoms with van der Waals surface area (Å²) >= 11 is 6.00. The molecule has 0 radical (unpaired) electrons. The Morgan fingerprint density at radius 1 is 1.31 bits per heavy atom. The zero-order chi connectivity index (χ0) is 11.4. The monoisotopic (exact) mass is 238 g/mol. The lowest BCUT2D eigenvalue weighted by atomic mass is 9.93. The number of hydrogen-bond acceptors (Lipinski definition) is 2. The molecule has 0 amide bonds. The first-order valence-corrected chi connectivity index (χ1v) is 6.38. The first-order chi connectivity index (χ1) is 7.79. The Morgan fingerprint density at radius 2 is 2.06 bits per heavy atom. The summed E-state index contributed by atoms with van der Waals surface area (Å²) in [5.41, 5.74) is 6.84. The number of nitrogens with zero attached hydrogens (tertiary/aromatic N) is 1. The van der Waals surface area contributed by atoms with Crippen molar-refractivity contribution in [1.82, 2.24) is 0 Å². The van der Waals surface area contributed by atoms with Gasteiger partial charge in [-0.1, -0.05) is 17.7 Å². The number of nitrogens with two attached hydrogens (primary N) is 1. The van der Waals surface area contributed by atoms with Gasteiger partial charge in [0.25, 0.3) is 0 Å². The van der Waals surface area contributed by atoms with Gasteiger partial charge in [0.2, 0.25) is 0 Å². The molecule has 1 saturated heterocycles. The van der Waals surface area contributed by atoms with Gasteiger partial charge in [-0.25, -0.2) is 0 Å². The predicted molar refractivity (Wildman–Crippen MR) is 70.1 cm³/mol. The summed E-state index contributed by atoms with van der Waals surface area (Å²) in [7, 11) is 0. The van der Waals surface area contributed by atoms with E-state index in [1.807, 2.05) is 18.2 Å². The molecule has 2 rings (SSSR count). The highest BCUT2D eigenvalue weighted by Crippen LogP contribution is 2.26. The molecule has 0 spiro atoms. The third-order valence-electron chi connectivity index (χ3n) is 3.36. The van der Waals surface area contributed by atoms with Gasteiger partial charge < -0.3 is 10.6 Å². The van der Waals surface area contributed by atoms with E-state index >= 15 is 0 Å². The molecule has 0 aliphatic carbocycles. The zero-order valence-electron chi connectivity index (χ0n) is 9.53. The van der Waals surface area contributed by atoms with Crippen molar-refractivity contribution in [1.29, 1.82) is 0 Å². The largest absolute Gasteiger partial charge is 0.371 e. The smallest absolute Gasteiger partial charge is 0.0426 e. The molecular formula is C13H19ClN2. The first kappa shape index (κ1) is 11.7. The highest BCUT2D eigenvalue weighted by Gasteiger charge is 2.18. The lowest BCUT2D eigenvalue weighted by Crippen LogP contribution is -2.34. The van der Waals surface area contributed by atoms with E-state index in [1.54, 1.807) is 0 Å². The molecule has 2 nitrogen and oxygen atoms in total. The average molecular weight is 239 g/mol. The lowest BCUT2D eigenvalue weighted by molar-refractivity contribution is 0.386. The second-order valence-corrected chi connectivity index (χ2v) is 4.92. The molecule has 1 heterocycles. The molecule has 88 valence electrons. The standard InChI is InChI=1S/C13H19ClN2/c14-12-2-1-3-13(10-12)16-8-5-11(4-7-15)6-9-16/h1-3,10-11H,4-9,15H2. The molecule has 0 saturated carbocycles. The third kappa shape index (κ3) is 2.89. The van der Waals surface area contributed by atoms with Gasteiger partial charge in [0, 0.05) is 23.8 Å². The van der Waals surface area contributed by atoms with Crippen LogP contribution in [-0.4, -0.2) is 19.6 Å². The van der Waals surface area contributed by atoms with Crippen molar-refractivity contribution < 1.29 is 0 Å². The topological polar surface area (TPSA) is 29.3 Å². The van der Waals surface area contributed by atoms with E-state index < -0.39 is 0 Å². The Balaban J connectivity index is 1.94. The van der Waals surface area contributed by atoms with Crippen molar-refractivity contribution in [3.63, 3.8) is 0 Å². The average Bonchev–Trinajstić information content (AvgIpc) is 2.30. The molecule has 1 aromatic carbocycles. The van der Waals surface area contributed by atoms with Crippen LogP contribution in [0.4, 0.5) is 5.69 Å².